The molecule has 0 bridgehead atoms. The van der Waals surface area contributed by atoms with Crippen LogP contribution in [0.15, 0.2) is 58.3 Å². The highest BCUT2D eigenvalue weighted by Gasteiger charge is 2.30. The van der Waals surface area contributed by atoms with Gasteiger partial charge in [-0.05, 0) is 51.0 Å². The van der Waals surface area contributed by atoms with Gasteiger partial charge in [0.05, 0.1) is 21.9 Å². The van der Waals surface area contributed by atoms with Crippen LogP contribution in [0.1, 0.15) is 36.8 Å². The van der Waals surface area contributed by atoms with Crippen molar-refractivity contribution in [3.8, 4) is 0 Å². The summed E-state index contributed by atoms with van der Waals surface area (Å²) in [6.45, 7) is 3.63. The Morgan fingerprint density at radius 1 is 0.647 bits per heavy atom. The van der Waals surface area contributed by atoms with E-state index in [-0.39, 0.29) is 9.79 Å². The molecule has 0 heterocycles. The highest BCUT2D eigenvalue weighted by molar-refractivity contribution is 7.90. The molecule has 0 unspecified atom stereocenters. The minimum Gasteiger partial charge on any atom is -0.333 e. The molecule has 2 atom stereocenters. The molecule has 1 fully saturated rings. The van der Waals surface area contributed by atoms with Crippen LogP contribution in [-0.2, 0) is 20.0 Å². The van der Waals surface area contributed by atoms with Crippen molar-refractivity contribution in [3.05, 3.63) is 59.7 Å². The van der Waals surface area contributed by atoms with Gasteiger partial charge >= 0.3 is 12.1 Å². The molecular formula is C22H28N4O6S2. The van der Waals surface area contributed by atoms with Gasteiger partial charge in [-0.3, -0.25) is 0 Å². The Balaban J connectivity index is 1.61. The van der Waals surface area contributed by atoms with Crippen LogP contribution in [0.2, 0.25) is 0 Å². The maximum atomic E-state index is 12.4. The topological polar surface area (TPSA) is 151 Å². The van der Waals surface area contributed by atoms with Crippen LogP contribution >= 0.6 is 0 Å². The van der Waals surface area contributed by atoms with Gasteiger partial charge < -0.3 is 10.6 Å². The number of urea groups is 2. The van der Waals surface area contributed by atoms with Crippen molar-refractivity contribution in [2.75, 3.05) is 0 Å². The van der Waals surface area contributed by atoms with E-state index in [0.29, 0.717) is 12.8 Å². The number of carbonyl (C=O) groups is 2. The van der Waals surface area contributed by atoms with E-state index in [1.807, 2.05) is 23.3 Å². The summed E-state index contributed by atoms with van der Waals surface area (Å²) in [6, 6.07) is 9.08. The second kappa shape index (κ2) is 10.4. The van der Waals surface area contributed by atoms with Gasteiger partial charge in [0.25, 0.3) is 20.0 Å². The predicted octanol–water partition coefficient (Wildman–Crippen LogP) is 2.29. The lowest BCUT2D eigenvalue weighted by Gasteiger charge is -2.32. The van der Waals surface area contributed by atoms with Crippen LogP contribution in [0.3, 0.4) is 0 Å². The van der Waals surface area contributed by atoms with E-state index in [0.717, 1.165) is 24.0 Å². The van der Waals surface area contributed by atoms with Gasteiger partial charge in [-0.2, -0.15) is 0 Å². The zero-order valence-corrected chi connectivity index (χ0v) is 20.5. The summed E-state index contributed by atoms with van der Waals surface area (Å²) in [5.74, 6) is 0. The third-order valence-corrected chi connectivity index (χ3v) is 8.21. The van der Waals surface area contributed by atoms with Crippen LogP contribution < -0.4 is 20.1 Å². The molecule has 0 radical (unpaired) electrons. The summed E-state index contributed by atoms with van der Waals surface area (Å²) in [6.07, 6.45) is 2.51. The molecule has 2 aromatic carbocycles. The molecular weight excluding hydrogens is 480 g/mol. The van der Waals surface area contributed by atoms with E-state index in [1.165, 1.54) is 24.3 Å². The number of benzene rings is 2. The van der Waals surface area contributed by atoms with Crippen molar-refractivity contribution in [3.63, 3.8) is 0 Å². The quantitative estimate of drug-likeness (QED) is 0.470. The normalized spacial score (nSPS) is 18.5. The SMILES string of the molecule is Cc1ccc(S(=O)(=O)NC(=O)N[C@H]2CCCC[C@@H]2NC(=O)NS(=O)(=O)c2ccc(C)cc2)cc1. The zero-order valence-electron chi connectivity index (χ0n) is 18.9. The standard InChI is InChI=1S/C22H28N4O6S2/c1-15-7-11-17(12-8-15)33(29,30)25-21(27)23-19-5-3-4-6-20(19)24-22(28)26-34(31,32)18-13-9-16(2)10-14-18/h7-14,19-20H,3-6H2,1-2H3,(H2,23,25,27)(H2,24,26,28)/t19-,20-/m0/s1. The van der Waals surface area contributed by atoms with Gasteiger partial charge in [0.1, 0.15) is 0 Å². The third kappa shape index (κ3) is 6.70. The first kappa shape index (κ1) is 25.5. The Labute approximate surface area is 199 Å². The van der Waals surface area contributed by atoms with Crippen molar-refractivity contribution in [1.29, 1.82) is 0 Å². The first-order chi connectivity index (χ1) is 16.0. The van der Waals surface area contributed by atoms with Crippen molar-refractivity contribution >= 4 is 32.1 Å². The second-order valence-corrected chi connectivity index (χ2v) is 11.6. The van der Waals surface area contributed by atoms with Gasteiger partial charge in [-0.15, -0.1) is 0 Å². The third-order valence-electron chi connectivity index (χ3n) is 5.52. The number of rotatable bonds is 6. The summed E-state index contributed by atoms with van der Waals surface area (Å²) in [4.78, 5) is 24.7. The average molecular weight is 509 g/mol. The molecule has 4 N–H and O–H groups in total. The molecule has 4 amide bonds. The Hall–Kier alpha value is -3.12. The summed E-state index contributed by atoms with van der Waals surface area (Å²) < 4.78 is 53.7. The summed E-state index contributed by atoms with van der Waals surface area (Å²) in [7, 11) is -8.13. The first-order valence-corrected chi connectivity index (χ1v) is 13.7. The zero-order chi connectivity index (χ0) is 24.9. The molecule has 0 aliphatic heterocycles. The van der Waals surface area contributed by atoms with Crippen molar-refractivity contribution in [2.45, 2.75) is 61.4 Å². The summed E-state index contributed by atoms with van der Waals surface area (Å²) in [5, 5.41) is 5.18. The maximum absolute atomic E-state index is 12.4. The number of hydrogen-bond donors (Lipinski definition) is 4. The molecule has 1 saturated carbocycles. The van der Waals surface area contributed by atoms with Gasteiger partial charge in [0.2, 0.25) is 0 Å². The Bertz CT molecular complexity index is 1140. The molecule has 0 saturated heterocycles. The average Bonchev–Trinajstić information content (AvgIpc) is 2.75. The van der Waals surface area contributed by atoms with E-state index in [1.54, 1.807) is 24.3 Å². The highest BCUT2D eigenvalue weighted by atomic mass is 32.2. The van der Waals surface area contributed by atoms with E-state index >= 15 is 0 Å². The first-order valence-electron chi connectivity index (χ1n) is 10.8. The Morgan fingerprint density at radius 3 is 1.29 bits per heavy atom. The molecule has 34 heavy (non-hydrogen) atoms. The van der Waals surface area contributed by atoms with E-state index in [9.17, 15) is 26.4 Å². The second-order valence-electron chi connectivity index (χ2n) is 8.28. The lowest BCUT2D eigenvalue weighted by molar-refractivity contribution is 0.218. The monoisotopic (exact) mass is 508 g/mol. The van der Waals surface area contributed by atoms with E-state index in [2.05, 4.69) is 10.6 Å². The molecule has 2 aromatic rings. The van der Waals surface area contributed by atoms with E-state index in [4.69, 9.17) is 0 Å². The van der Waals surface area contributed by atoms with Crippen molar-refractivity contribution in [2.24, 2.45) is 0 Å². The molecule has 184 valence electrons. The van der Waals surface area contributed by atoms with E-state index < -0.39 is 44.2 Å². The van der Waals surface area contributed by atoms with Crippen LogP contribution in [0.5, 0.6) is 0 Å². The van der Waals surface area contributed by atoms with Gasteiger partial charge in [-0.25, -0.2) is 35.9 Å². The lowest BCUT2D eigenvalue weighted by Crippen LogP contribution is -2.57. The fourth-order valence-corrected chi connectivity index (χ4v) is 5.50. The van der Waals surface area contributed by atoms with Crippen LogP contribution in [0, 0.1) is 13.8 Å². The summed E-state index contributed by atoms with van der Waals surface area (Å²) in [5.41, 5.74) is 1.75. The largest absolute Gasteiger partial charge is 0.333 e. The Kier molecular flexibility index (Phi) is 7.82. The van der Waals surface area contributed by atoms with Crippen LogP contribution in [-0.4, -0.2) is 41.0 Å². The van der Waals surface area contributed by atoms with Crippen molar-refractivity contribution in [1.82, 2.24) is 20.1 Å². The molecule has 10 nitrogen and oxygen atoms in total. The van der Waals surface area contributed by atoms with Gasteiger partial charge in [0, 0.05) is 0 Å². The molecule has 1 aliphatic carbocycles. The molecule has 1 aliphatic rings. The predicted molar refractivity (Wildman–Crippen MR) is 126 cm³/mol. The van der Waals surface area contributed by atoms with Gasteiger partial charge in [0.15, 0.2) is 0 Å². The smallest absolute Gasteiger partial charge is 0.328 e. The minimum absolute atomic E-state index is 0.0488. The number of nitrogens with one attached hydrogen (secondary N) is 4. The number of sulfonamides is 2. The van der Waals surface area contributed by atoms with Crippen LogP contribution in [0.25, 0.3) is 0 Å². The lowest BCUT2D eigenvalue weighted by atomic mass is 9.90. The van der Waals surface area contributed by atoms with Crippen molar-refractivity contribution < 1.29 is 26.4 Å². The maximum Gasteiger partial charge on any atom is 0.328 e. The highest BCUT2D eigenvalue weighted by Crippen LogP contribution is 2.19. The Morgan fingerprint density at radius 2 is 0.971 bits per heavy atom. The molecule has 12 heteroatoms. The molecule has 0 spiro atoms. The van der Waals surface area contributed by atoms with Gasteiger partial charge in [-0.1, -0.05) is 48.2 Å². The number of amides is 4. The minimum atomic E-state index is -4.07. The number of aryl methyl sites for hydroxylation is 2. The van der Waals surface area contributed by atoms with Crippen LogP contribution in [0.4, 0.5) is 9.59 Å². The number of carbonyl (C=O) groups excluding carboxylic acids is 2. The fourth-order valence-electron chi connectivity index (χ4n) is 3.67. The fraction of sp³-hybridized carbons (Fsp3) is 0.364. The number of hydrogen-bond acceptors (Lipinski definition) is 6. The molecule has 3 rings (SSSR count). The summed E-state index contributed by atoms with van der Waals surface area (Å²) >= 11 is 0. The molecule has 0 aromatic heterocycles.